The molecule has 0 unspecified atom stereocenters. The molecule has 5 rings (SSSR count). The first-order valence-electron chi connectivity index (χ1n) is 11.3. The van der Waals surface area contributed by atoms with Crippen LogP contribution in [0.2, 0.25) is 0 Å². The van der Waals surface area contributed by atoms with Gasteiger partial charge >= 0.3 is 0 Å². The zero-order valence-electron chi connectivity index (χ0n) is 19.1. The van der Waals surface area contributed by atoms with Crippen LogP contribution in [0.4, 0.5) is 0 Å². The molecule has 2 heterocycles. The van der Waals surface area contributed by atoms with Gasteiger partial charge in [0.1, 0.15) is 6.07 Å². The average Bonchev–Trinajstić information content (AvgIpc) is 2.93. The van der Waals surface area contributed by atoms with E-state index in [0.29, 0.717) is 16.5 Å². The van der Waals surface area contributed by atoms with Crippen molar-refractivity contribution >= 4 is 26.7 Å². The number of nitrogens with zero attached hydrogens (tertiary/aromatic N) is 5. The predicted octanol–water partition coefficient (Wildman–Crippen LogP) is 2.40. The fourth-order valence-electron chi connectivity index (χ4n) is 4.30. The Hall–Kier alpha value is -4.33. The Morgan fingerprint density at radius 2 is 1.44 bits per heavy atom. The van der Waals surface area contributed by atoms with E-state index >= 15 is 0 Å². The number of nitriles is 1. The summed E-state index contributed by atoms with van der Waals surface area (Å²) in [5.74, 6) is -0.384. The van der Waals surface area contributed by atoms with Crippen molar-refractivity contribution in [1.29, 1.82) is 5.26 Å². The number of aromatic nitrogens is 2. The molecule has 1 saturated heterocycles. The van der Waals surface area contributed by atoms with Crippen LogP contribution in [0, 0.1) is 11.3 Å². The Balaban J connectivity index is 1.45. The van der Waals surface area contributed by atoms with Crippen LogP contribution >= 0.6 is 0 Å². The summed E-state index contributed by atoms with van der Waals surface area (Å²) in [6.07, 6.45) is 0. The number of para-hydroxylation sites is 1. The highest BCUT2D eigenvalue weighted by Gasteiger charge is 2.33. The summed E-state index contributed by atoms with van der Waals surface area (Å²) < 4.78 is 28.8. The van der Waals surface area contributed by atoms with Crippen molar-refractivity contribution in [2.75, 3.05) is 26.2 Å². The molecule has 0 spiro atoms. The van der Waals surface area contributed by atoms with Gasteiger partial charge in [0, 0.05) is 31.6 Å². The van der Waals surface area contributed by atoms with Gasteiger partial charge in [-0.15, -0.1) is 0 Å². The largest absolute Gasteiger partial charge is 0.335 e. The number of benzene rings is 3. The maximum Gasteiger partial charge on any atom is 0.279 e. The fourth-order valence-corrected chi connectivity index (χ4v) is 5.86. The first-order chi connectivity index (χ1) is 17.4. The molecule has 0 N–H and O–H groups in total. The lowest BCUT2D eigenvalue weighted by Gasteiger charge is -2.34. The second-order valence-electron chi connectivity index (χ2n) is 8.25. The quantitative estimate of drug-likeness (QED) is 0.426. The van der Waals surface area contributed by atoms with Crippen LogP contribution in [-0.2, 0) is 10.0 Å². The first-order valence-corrected chi connectivity index (χ1v) is 12.7. The number of carbonyl (C=O) groups is 1. The Bertz CT molecular complexity index is 1670. The van der Waals surface area contributed by atoms with Gasteiger partial charge in [-0.25, -0.2) is 8.42 Å². The number of hydrogen-bond donors (Lipinski definition) is 0. The SMILES string of the molecule is N#Cc1ccccc1S(=O)(=O)N1CCN(C(=O)c2nn(-c3ccccc3)c(=O)c3ccccc23)CC1. The van der Waals surface area contributed by atoms with Crippen LogP contribution in [0.5, 0.6) is 0 Å². The summed E-state index contributed by atoms with van der Waals surface area (Å²) in [7, 11) is -3.89. The fraction of sp³-hybridized carbons (Fsp3) is 0.154. The molecular weight excluding hydrogens is 478 g/mol. The third-order valence-corrected chi connectivity index (χ3v) is 8.12. The van der Waals surface area contributed by atoms with Crippen LogP contribution in [0.1, 0.15) is 16.1 Å². The van der Waals surface area contributed by atoms with Crippen LogP contribution < -0.4 is 5.56 Å². The minimum Gasteiger partial charge on any atom is -0.335 e. The molecule has 0 radical (unpaired) electrons. The standard InChI is InChI=1S/C26H21N5O4S/c27-18-19-8-4-7-13-23(19)36(34,35)30-16-14-29(15-17-30)26(33)24-21-11-5-6-12-22(21)25(32)31(28-24)20-9-2-1-3-10-20/h1-13H,14-17H2. The third-order valence-electron chi connectivity index (χ3n) is 6.16. The summed E-state index contributed by atoms with van der Waals surface area (Å²) in [6, 6.07) is 23.7. The lowest BCUT2D eigenvalue weighted by atomic mass is 10.1. The number of hydrogen-bond acceptors (Lipinski definition) is 6. The van der Waals surface area contributed by atoms with Crippen molar-refractivity contribution in [3.63, 3.8) is 0 Å². The Morgan fingerprint density at radius 1 is 0.833 bits per heavy atom. The van der Waals surface area contributed by atoms with Crippen molar-refractivity contribution < 1.29 is 13.2 Å². The highest BCUT2D eigenvalue weighted by molar-refractivity contribution is 7.89. The van der Waals surface area contributed by atoms with E-state index in [-0.39, 0.29) is 53.8 Å². The van der Waals surface area contributed by atoms with Gasteiger partial charge in [-0.05, 0) is 30.3 Å². The highest BCUT2D eigenvalue weighted by atomic mass is 32.2. The lowest BCUT2D eigenvalue weighted by molar-refractivity contribution is 0.0692. The zero-order chi connectivity index (χ0) is 25.3. The molecule has 0 aliphatic carbocycles. The normalized spacial score (nSPS) is 14.5. The molecule has 0 bridgehead atoms. The van der Waals surface area contributed by atoms with Gasteiger partial charge in [0.2, 0.25) is 10.0 Å². The van der Waals surface area contributed by atoms with Crippen molar-refractivity contribution in [1.82, 2.24) is 19.0 Å². The highest BCUT2D eigenvalue weighted by Crippen LogP contribution is 2.23. The van der Waals surface area contributed by atoms with Crippen molar-refractivity contribution in [2.24, 2.45) is 0 Å². The van der Waals surface area contributed by atoms with Crippen LogP contribution in [0.25, 0.3) is 16.5 Å². The summed E-state index contributed by atoms with van der Waals surface area (Å²) in [6.45, 7) is 0.439. The number of sulfonamides is 1. The smallest absolute Gasteiger partial charge is 0.279 e. The Morgan fingerprint density at radius 3 is 2.14 bits per heavy atom. The van der Waals surface area contributed by atoms with Gasteiger partial charge in [-0.3, -0.25) is 9.59 Å². The molecule has 9 nitrogen and oxygen atoms in total. The van der Waals surface area contributed by atoms with Gasteiger partial charge in [0.25, 0.3) is 11.5 Å². The lowest BCUT2D eigenvalue weighted by Crippen LogP contribution is -2.51. The van der Waals surface area contributed by atoms with E-state index in [2.05, 4.69) is 5.10 Å². The van der Waals surface area contributed by atoms with Gasteiger partial charge in [0.05, 0.1) is 21.5 Å². The van der Waals surface area contributed by atoms with Crippen LogP contribution in [0.3, 0.4) is 0 Å². The number of fused-ring (bicyclic) bond motifs is 1. The number of amides is 1. The molecule has 1 aliphatic heterocycles. The topological polar surface area (TPSA) is 116 Å². The second kappa shape index (κ2) is 9.37. The van der Waals surface area contributed by atoms with Crippen molar-refractivity contribution in [2.45, 2.75) is 4.90 Å². The first kappa shape index (κ1) is 23.4. The maximum atomic E-state index is 13.6. The van der Waals surface area contributed by atoms with Gasteiger partial charge < -0.3 is 4.90 Å². The van der Waals surface area contributed by atoms with Crippen LogP contribution in [0.15, 0.2) is 88.6 Å². The zero-order valence-corrected chi connectivity index (χ0v) is 19.9. The maximum absolute atomic E-state index is 13.6. The minimum absolute atomic E-state index is 0.0464. The van der Waals surface area contributed by atoms with E-state index < -0.39 is 10.0 Å². The molecule has 1 aromatic heterocycles. The predicted molar refractivity (Wildman–Crippen MR) is 133 cm³/mol. The van der Waals surface area contributed by atoms with Crippen LogP contribution in [-0.4, -0.2) is 59.5 Å². The van der Waals surface area contributed by atoms with E-state index in [0.717, 1.165) is 0 Å². The Labute approximate surface area is 207 Å². The summed E-state index contributed by atoms with van der Waals surface area (Å²) >= 11 is 0. The molecule has 3 aromatic carbocycles. The van der Waals surface area contributed by atoms with Gasteiger partial charge in [0.15, 0.2) is 5.69 Å². The second-order valence-corrected chi connectivity index (χ2v) is 10.2. The van der Waals surface area contributed by atoms with E-state index in [1.807, 2.05) is 12.1 Å². The summed E-state index contributed by atoms with van der Waals surface area (Å²) in [4.78, 5) is 28.2. The monoisotopic (exact) mass is 499 g/mol. The van der Waals surface area contributed by atoms with Crippen molar-refractivity contribution in [3.8, 4) is 11.8 Å². The number of piperazine rings is 1. The molecule has 1 aliphatic rings. The van der Waals surface area contributed by atoms with E-state index in [4.69, 9.17) is 0 Å². The molecular formula is C26H21N5O4S. The minimum atomic E-state index is -3.89. The van der Waals surface area contributed by atoms with Crippen molar-refractivity contribution in [3.05, 3.63) is 100 Å². The summed E-state index contributed by atoms with van der Waals surface area (Å²) in [5.41, 5.74) is 0.407. The Kier molecular flexibility index (Phi) is 6.10. The van der Waals surface area contributed by atoms with Gasteiger partial charge in [-0.2, -0.15) is 19.3 Å². The molecule has 4 aromatic rings. The van der Waals surface area contributed by atoms with E-state index in [1.165, 1.54) is 26.0 Å². The third kappa shape index (κ3) is 4.04. The van der Waals surface area contributed by atoms with E-state index in [1.54, 1.807) is 60.7 Å². The molecule has 1 fully saturated rings. The molecule has 0 saturated carbocycles. The number of rotatable bonds is 4. The summed E-state index contributed by atoms with van der Waals surface area (Å²) in [5, 5.41) is 14.6. The molecule has 0 atom stereocenters. The number of carbonyl (C=O) groups excluding carboxylic acids is 1. The molecule has 1 amide bonds. The van der Waals surface area contributed by atoms with Gasteiger partial charge in [-0.1, -0.05) is 48.5 Å². The molecule has 180 valence electrons. The molecule has 10 heteroatoms. The average molecular weight is 500 g/mol. The van der Waals surface area contributed by atoms with E-state index in [9.17, 15) is 23.3 Å². The molecule has 36 heavy (non-hydrogen) atoms.